The number of rotatable bonds is 4. The number of hydrogen-bond donors (Lipinski definition) is 1. The molecule has 2 heteroatoms. The highest BCUT2D eigenvalue weighted by atomic mass is 16.1. The molecule has 18 heavy (non-hydrogen) atoms. The summed E-state index contributed by atoms with van der Waals surface area (Å²) in [5.41, 5.74) is 0.0968. The van der Waals surface area contributed by atoms with Gasteiger partial charge in [0.25, 0.3) is 0 Å². The van der Waals surface area contributed by atoms with Gasteiger partial charge in [-0.15, -0.1) is 0 Å². The molecule has 0 spiro atoms. The van der Waals surface area contributed by atoms with Crippen LogP contribution in [-0.4, -0.2) is 17.9 Å². The second-order valence-corrected chi connectivity index (χ2v) is 7.79. The van der Waals surface area contributed by atoms with Gasteiger partial charge in [0.1, 0.15) is 6.04 Å². The minimum Gasteiger partial charge on any atom is -0.336 e. The zero-order chi connectivity index (χ0) is 12.9. The van der Waals surface area contributed by atoms with Crippen LogP contribution in [0.15, 0.2) is 0 Å². The highest BCUT2D eigenvalue weighted by molar-refractivity contribution is 5.88. The van der Waals surface area contributed by atoms with Crippen molar-refractivity contribution < 1.29 is 10.1 Å². The van der Waals surface area contributed by atoms with Crippen LogP contribution < -0.4 is 5.32 Å². The van der Waals surface area contributed by atoms with Crippen molar-refractivity contribution in [1.29, 1.82) is 0 Å². The number of Topliss-reactive ketones (excluding diaryl/α,β-unsaturated/α-hetero) is 1. The topological polar surface area (TPSA) is 33.7 Å². The molecule has 0 aromatic heterocycles. The fraction of sp³-hybridized carbons (Fsp3) is 0.938. The van der Waals surface area contributed by atoms with E-state index in [2.05, 4.69) is 26.1 Å². The number of carbonyl (C=O) groups excluding carboxylic acids is 1. The smallest absolute Gasteiger partial charge is 0.195 e. The van der Waals surface area contributed by atoms with Gasteiger partial charge in [-0.1, -0.05) is 0 Å². The molecule has 4 bridgehead atoms. The SMILES string of the molecule is CC(C)[NH2+][C@@H](C)C(=O)C12CC3CC(CC(C3)C1)C2. The number of hydrogen-bond acceptors (Lipinski definition) is 1. The molecule has 4 aliphatic rings. The van der Waals surface area contributed by atoms with Crippen LogP contribution in [0.5, 0.6) is 0 Å². The Morgan fingerprint density at radius 3 is 1.83 bits per heavy atom. The van der Waals surface area contributed by atoms with Crippen LogP contribution in [0, 0.1) is 23.2 Å². The van der Waals surface area contributed by atoms with Gasteiger partial charge in [-0.2, -0.15) is 0 Å². The zero-order valence-electron chi connectivity index (χ0n) is 12.1. The molecular formula is C16H28NO+. The average molecular weight is 250 g/mol. The van der Waals surface area contributed by atoms with Crippen molar-refractivity contribution in [3.05, 3.63) is 0 Å². The lowest BCUT2D eigenvalue weighted by Gasteiger charge is -2.56. The Morgan fingerprint density at radius 1 is 1.00 bits per heavy atom. The molecule has 0 amide bonds. The summed E-state index contributed by atoms with van der Waals surface area (Å²) in [6.07, 6.45) is 7.93. The third-order valence-electron chi connectivity index (χ3n) is 5.65. The van der Waals surface area contributed by atoms with Crippen molar-refractivity contribution in [2.24, 2.45) is 23.2 Å². The van der Waals surface area contributed by atoms with Crippen LogP contribution >= 0.6 is 0 Å². The van der Waals surface area contributed by atoms with E-state index in [-0.39, 0.29) is 11.5 Å². The molecule has 0 heterocycles. The lowest BCUT2D eigenvalue weighted by Crippen LogP contribution is -2.95. The average Bonchev–Trinajstić information content (AvgIpc) is 2.25. The van der Waals surface area contributed by atoms with Gasteiger partial charge in [0.2, 0.25) is 0 Å². The summed E-state index contributed by atoms with van der Waals surface area (Å²) in [4.78, 5) is 12.9. The summed E-state index contributed by atoms with van der Waals surface area (Å²) in [6.45, 7) is 6.49. The molecule has 102 valence electrons. The molecule has 4 fully saturated rings. The summed E-state index contributed by atoms with van der Waals surface area (Å²) < 4.78 is 0. The Morgan fingerprint density at radius 2 is 1.44 bits per heavy atom. The summed E-state index contributed by atoms with van der Waals surface area (Å²) in [5.74, 6) is 3.22. The summed E-state index contributed by atoms with van der Waals surface area (Å²) in [6, 6.07) is 0.694. The maximum Gasteiger partial charge on any atom is 0.195 e. The van der Waals surface area contributed by atoms with Gasteiger partial charge in [0, 0.05) is 5.41 Å². The monoisotopic (exact) mass is 250 g/mol. The van der Waals surface area contributed by atoms with Crippen molar-refractivity contribution in [2.75, 3.05) is 0 Å². The van der Waals surface area contributed by atoms with Crippen molar-refractivity contribution in [3.8, 4) is 0 Å². The standard InChI is InChI=1S/C16H27NO/c1-10(2)17-11(3)15(18)16-7-12-4-13(8-16)6-14(5-12)9-16/h10-14,17H,4-9H2,1-3H3/p+1/t11-,12?,13?,14?,16?/m0/s1. The Kier molecular flexibility index (Phi) is 3.04. The van der Waals surface area contributed by atoms with Crippen LogP contribution in [0.2, 0.25) is 0 Å². The van der Waals surface area contributed by atoms with E-state index in [4.69, 9.17) is 0 Å². The van der Waals surface area contributed by atoms with E-state index in [1.165, 1.54) is 38.5 Å². The molecule has 0 aromatic carbocycles. The highest BCUT2D eigenvalue weighted by Gasteiger charge is 2.55. The van der Waals surface area contributed by atoms with Gasteiger partial charge in [-0.3, -0.25) is 4.79 Å². The number of carbonyl (C=O) groups is 1. The normalized spacial score (nSPS) is 43.4. The van der Waals surface area contributed by atoms with E-state index in [0.29, 0.717) is 11.8 Å². The quantitative estimate of drug-likeness (QED) is 0.815. The molecule has 4 rings (SSSR count). The summed E-state index contributed by atoms with van der Waals surface area (Å²) in [5, 5.41) is 2.25. The molecule has 0 aromatic rings. The van der Waals surface area contributed by atoms with Crippen molar-refractivity contribution in [3.63, 3.8) is 0 Å². The second-order valence-electron chi connectivity index (χ2n) is 7.79. The molecule has 0 radical (unpaired) electrons. The van der Waals surface area contributed by atoms with E-state index in [9.17, 15) is 4.79 Å². The third-order valence-corrected chi connectivity index (χ3v) is 5.65. The van der Waals surface area contributed by atoms with Gasteiger partial charge in [0.15, 0.2) is 5.78 Å². The van der Waals surface area contributed by atoms with Crippen LogP contribution in [-0.2, 0) is 4.79 Å². The first-order valence-electron chi connectivity index (χ1n) is 7.88. The van der Waals surface area contributed by atoms with Crippen molar-refractivity contribution in [2.45, 2.75) is 71.4 Å². The van der Waals surface area contributed by atoms with E-state index in [1.54, 1.807) is 0 Å². The fourth-order valence-corrected chi connectivity index (χ4v) is 5.56. The third kappa shape index (κ3) is 2.03. The van der Waals surface area contributed by atoms with E-state index >= 15 is 0 Å². The molecule has 4 aliphatic carbocycles. The first-order valence-corrected chi connectivity index (χ1v) is 7.88. The Labute approximate surface area is 111 Å². The molecule has 4 saturated carbocycles. The van der Waals surface area contributed by atoms with Gasteiger partial charge in [0.05, 0.1) is 6.04 Å². The zero-order valence-corrected chi connectivity index (χ0v) is 12.1. The van der Waals surface area contributed by atoms with Gasteiger partial charge >= 0.3 is 0 Å². The minimum absolute atomic E-state index is 0.0968. The number of nitrogens with two attached hydrogens (primary N) is 1. The van der Waals surface area contributed by atoms with Crippen LogP contribution in [0.4, 0.5) is 0 Å². The predicted octanol–water partition coefficient (Wildman–Crippen LogP) is 2.13. The largest absolute Gasteiger partial charge is 0.336 e. The van der Waals surface area contributed by atoms with Crippen LogP contribution in [0.3, 0.4) is 0 Å². The Bertz CT molecular complexity index is 312. The van der Waals surface area contributed by atoms with Crippen molar-refractivity contribution >= 4 is 5.78 Å². The molecular weight excluding hydrogens is 222 g/mol. The highest BCUT2D eigenvalue weighted by Crippen LogP contribution is 2.60. The Balaban J connectivity index is 1.76. The maximum atomic E-state index is 12.9. The first-order chi connectivity index (χ1) is 8.48. The van der Waals surface area contributed by atoms with Crippen LogP contribution in [0.25, 0.3) is 0 Å². The first kappa shape index (κ1) is 12.7. The summed E-state index contributed by atoms with van der Waals surface area (Å²) >= 11 is 0. The molecule has 0 unspecified atom stereocenters. The maximum absolute atomic E-state index is 12.9. The fourth-order valence-electron chi connectivity index (χ4n) is 5.56. The van der Waals surface area contributed by atoms with Gasteiger partial charge in [-0.25, -0.2) is 0 Å². The van der Waals surface area contributed by atoms with Crippen molar-refractivity contribution in [1.82, 2.24) is 0 Å². The van der Waals surface area contributed by atoms with E-state index in [1.807, 2.05) is 0 Å². The van der Waals surface area contributed by atoms with Crippen LogP contribution in [0.1, 0.15) is 59.3 Å². The molecule has 0 aliphatic heterocycles. The predicted molar refractivity (Wildman–Crippen MR) is 72.1 cm³/mol. The molecule has 1 atom stereocenters. The number of quaternary nitrogens is 1. The van der Waals surface area contributed by atoms with E-state index in [0.717, 1.165) is 17.8 Å². The molecule has 0 saturated heterocycles. The Hall–Kier alpha value is -0.370. The van der Waals surface area contributed by atoms with E-state index < -0.39 is 0 Å². The molecule has 2 N–H and O–H groups in total. The van der Waals surface area contributed by atoms with Gasteiger partial charge < -0.3 is 5.32 Å². The lowest BCUT2D eigenvalue weighted by molar-refractivity contribution is -0.701. The lowest BCUT2D eigenvalue weighted by atomic mass is 9.48. The second kappa shape index (κ2) is 4.33. The van der Waals surface area contributed by atoms with Gasteiger partial charge in [-0.05, 0) is 77.0 Å². The summed E-state index contributed by atoms with van der Waals surface area (Å²) in [7, 11) is 0. The molecule has 2 nitrogen and oxygen atoms in total. The minimum atomic E-state index is 0.0968. The number of ketones is 1.